The maximum absolute atomic E-state index is 8.99. The summed E-state index contributed by atoms with van der Waals surface area (Å²) in [5.41, 5.74) is 1.75. The summed E-state index contributed by atoms with van der Waals surface area (Å²) in [7, 11) is -1.89. The lowest BCUT2D eigenvalue weighted by atomic mass is 10.1. The Balaban J connectivity index is 2.91. The third-order valence-electron chi connectivity index (χ3n) is 5.36. The summed E-state index contributed by atoms with van der Waals surface area (Å²) in [4.78, 5) is 0. The second-order valence-corrected chi connectivity index (χ2v) is 13.3. The van der Waals surface area contributed by atoms with Crippen molar-refractivity contribution in [2.24, 2.45) is 0 Å². The van der Waals surface area contributed by atoms with Crippen LogP contribution in [0.25, 0.3) is 0 Å². The van der Waals surface area contributed by atoms with Crippen molar-refractivity contribution >= 4 is 8.32 Å². The fourth-order valence-corrected chi connectivity index (χ4v) is 9.82. The van der Waals surface area contributed by atoms with Gasteiger partial charge in [-0.15, -0.1) is 0 Å². The molecule has 4 heteroatoms. The largest absolute Gasteiger partial charge is 0.516 e. The van der Waals surface area contributed by atoms with Gasteiger partial charge in [0.05, 0.1) is 12.4 Å². The molecule has 1 fully saturated rings. The predicted octanol–water partition coefficient (Wildman–Crippen LogP) is 5.97. The number of epoxide rings is 1. The number of rotatable bonds is 11. The molecule has 1 heterocycles. The van der Waals surface area contributed by atoms with Crippen LogP contribution in [0.15, 0.2) is 12.3 Å². The highest BCUT2D eigenvalue weighted by Crippen LogP contribution is 2.45. The molecule has 23 heavy (non-hydrogen) atoms. The van der Waals surface area contributed by atoms with Crippen molar-refractivity contribution in [3.05, 3.63) is 12.3 Å². The minimum atomic E-state index is -1.89. The first-order valence-corrected chi connectivity index (χ1v) is 11.6. The van der Waals surface area contributed by atoms with Crippen LogP contribution in [0.4, 0.5) is 0 Å². The van der Waals surface area contributed by atoms with Crippen molar-refractivity contribution in [3.63, 3.8) is 0 Å². The van der Waals surface area contributed by atoms with E-state index in [4.69, 9.17) is 14.3 Å². The van der Waals surface area contributed by atoms with Crippen molar-refractivity contribution in [2.75, 3.05) is 0 Å². The van der Waals surface area contributed by atoms with E-state index >= 15 is 0 Å². The van der Waals surface area contributed by atoms with E-state index in [1.165, 1.54) is 19.3 Å². The van der Waals surface area contributed by atoms with Crippen LogP contribution >= 0.6 is 0 Å². The molecule has 1 aliphatic heterocycles. The monoisotopic (exact) mass is 342 g/mol. The summed E-state index contributed by atoms with van der Waals surface area (Å²) >= 11 is 0. The molecule has 0 aliphatic carbocycles. The maximum Gasteiger partial charge on any atom is 0.200 e. The molecule has 1 N–H and O–H groups in total. The smallest absolute Gasteiger partial charge is 0.200 e. The zero-order valence-corrected chi connectivity index (χ0v) is 17.2. The molecule has 0 bridgehead atoms. The average molecular weight is 343 g/mol. The van der Waals surface area contributed by atoms with Gasteiger partial charge in [-0.25, -0.2) is 0 Å². The van der Waals surface area contributed by atoms with Crippen LogP contribution < -0.4 is 0 Å². The van der Waals surface area contributed by atoms with Crippen molar-refractivity contribution < 1.29 is 14.3 Å². The van der Waals surface area contributed by atoms with Crippen LogP contribution in [0, 0.1) is 0 Å². The molecule has 0 radical (unpaired) electrons. The molecule has 1 aliphatic rings. The Kier molecular flexibility index (Phi) is 8.32. The first-order chi connectivity index (χ1) is 10.8. The van der Waals surface area contributed by atoms with Crippen molar-refractivity contribution in [1.29, 1.82) is 0 Å². The summed E-state index contributed by atoms with van der Waals surface area (Å²) < 4.78 is 12.8. The van der Waals surface area contributed by atoms with Gasteiger partial charge in [0.2, 0.25) is 8.32 Å². The molecule has 0 aromatic carbocycles. The van der Waals surface area contributed by atoms with Crippen LogP contribution in [0.1, 0.15) is 74.1 Å². The second-order valence-electron chi connectivity index (χ2n) is 7.88. The van der Waals surface area contributed by atoms with Gasteiger partial charge in [-0.1, -0.05) is 67.7 Å². The average Bonchev–Trinajstić information content (AvgIpc) is 3.21. The molecule has 3 nitrogen and oxygen atoms in total. The van der Waals surface area contributed by atoms with Crippen molar-refractivity contribution in [1.82, 2.24) is 0 Å². The van der Waals surface area contributed by atoms with Gasteiger partial charge >= 0.3 is 0 Å². The number of ether oxygens (including phenoxy) is 1. The molecule has 1 rings (SSSR count). The molecule has 0 aromatic heterocycles. The van der Waals surface area contributed by atoms with Crippen molar-refractivity contribution in [2.45, 2.75) is 109 Å². The third-order valence-corrected chi connectivity index (χ3v) is 11.5. The van der Waals surface area contributed by atoms with Gasteiger partial charge in [0.25, 0.3) is 0 Å². The van der Waals surface area contributed by atoms with Gasteiger partial charge in [0.1, 0.15) is 12.2 Å². The van der Waals surface area contributed by atoms with Crippen LogP contribution in [-0.2, 0) is 9.16 Å². The van der Waals surface area contributed by atoms with E-state index in [-0.39, 0.29) is 18.3 Å². The lowest BCUT2D eigenvalue weighted by Crippen LogP contribution is -2.51. The van der Waals surface area contributed by atoms with Crippen LogP contribution in [0.3, 0.4) is 0 Å². The maximum atomic E-state index is 8.99. The second kappa shape index (κ2) is 9.24. The SMILES string of the molecule is CCCCC[C@H](O[Si](C(C)C)(C(C)C)C(C)C)[C@@H]1O[C@H]1/C=C/O. The molecule has 1 saturated heterocycles. The lowest BCUT2D eigenvalue weighted by molar-refractivity contribution is 0.126. The van der Waals surface area contributed by atoms with E-state index in [9.17, 15) is 0 Å². The molecule has 0 saturated carbocycles. The summed E-state index contributed by atoms with van der Waals surface area (Å²) in [6.45, 7) is 16.2. The highest BCUT2D eigenvalue weighted by Gasteiger charge is 2.51. The minimum absolute atomic E-state index is 0.0322. The molecule has 0 spiro atoms. The molecule has 3 atom stereocenters. The fraction of sp³-hybridized carbons (Fsp3) is 0.895. The van der Waals surface area contributed by atoms with Crippen molar-refractivity contribution in [3.8, 4) is 0 Å². The first kappa shape index (κ1) is 20.7. The Bertz CT molecular complexity index is 344. The number of aliphatic hydroxyl groups is 1. The number of aliphatic hydroxyl groups excluding tert-OH is 1. The van der Waals surface area contributed by atoms with E-state index in [1.807, 2.05) is 0 Å². The number of hydrogen-bond acceptors (Lipinski definition) is 3. The van der Waals surface area contributed by atoms with E-state index in [0.29, 0.717) is 16.6 Å². The van der Waals surface area contributed by atoms with Gasteiger partial charge in [-0.2, -0.15) is 0 Å². The Morgan fingerprint density at radius 2 is 1.61 bits per heavy atom. The zero-order chi connectivity index (χ0) is 17.6. The van der Waals surface area contributed by atoms with E-state index in [2.05, 4.69) is 48.5 Å². The highest BCUT2D eigenvalue weighted by molar-refractivity contribution is 6.77. The molecule has 0 unspecified atom stereocenters. The van der Waals surface area contributed by atoms with Gasteiger partial charge < -0.3 is 14.3 Å². The van der Waals surface area contributed by atoms with Crippen LogP contribution in [0.2, 0.25) is 16.6 Å². The Morgan fingerprint density at radius 3 is 2.04 bits per heavy atom. The number of unbranched alkanes of at least 4 members (excludes halogenated alkanes) is 2. The molecule has 0 amide bonds. The van der Waals surface area contributed by atoms with Gasteiger partial charge in [-0.05, 0) is 29.1 Å². The van der Waals surface area contributed by atoms with E-state index in [1.54, 1.807) is 6.08 Å². The Morgan fingerprint density at radius 1 is 1.04 bits per heavy atom. The fourth-order valence-electron chi connectivity index (χ4n) is 4.23. The first-order valence-electron chi connectivity index (χ1n) is 9.45. The molecule has 0 aromatic rings. The topological polar surface area (TPSA) is 42.0 Å². The van der Waals surface area contributed by atoms with Gasteiger partial charge in [0.15, 0.2) is 0 Å². The standard InChI is InChI=1S/C19H38O3Si/c1-8-9-10-11-18(19-17(21-19)12-13-20)22-23(14(2)3,15(4)5)16(6)7/h12-20H,8-11H2,1-7H3/b13-12+/t17-,18-,19+/m0/s1. The summed E-state index contributed by atoms with van der Waals surface area (Å²) in [6.07, 6.45) is 7.89. The van der Waals surface area contributed by atoms with E-state index in [0.717, 1.165) is 12.7 Å². The predicted molar refractivity (Wildman–Crippen MR) is 100 cm³/mol. The Labute approximate surface area is 144 Å². The summed E-state index contributed by atoms with van der Waals surface area (Å²) in [6, 6.07) is 0. The van der Waals surface area contributed by atoms with Crippen LogP contribution in [-0.4, -0.2) is 31.7 Å². The Hall–Kier alpha value is -0.323. The molecular formula is C19H38O3Si. The zero-order valence-electron chi connectivity index (χ0n) is 16.2. The summed E-state index contributed by atoms with van der Waals surface area (Å²) in [5.74, 6) is 0. The van der Waals surface area contributed by atoms with Gasteiger partial charge in [-0.3, -0.25) is 0 Å². The quantitative estimate of drug-likeness (QED) is 0.218. The minimum Gasteiger partial charge on any atom is -0.516 e. The number of hydrogen-bond donors (Lipinski definition) is 1. The van der Waals surface area contributed by atoms with Crippen LogP contribution in [0.5, 0.6) is 0 Å². The normalized spacial score (nSPS) is 23.4. The highest BCUT2D eigenvalue weighted by atomic mass is 28.4. The van der Waals surface area contributed by atoms with E-state index < -0.39 is 8.32 Å². The third kappa shape index (κ3) is 5.07. The lowest BCUT2D eigenvalue weighted by Gasteiger charge is -2.44. The summed E-state index contributed by atoms with van der Waals surface area (Å²) in [5, 5.41) is 8.99. The molecular weight excluding hydrogens is 304 g/mol. The van der Waals surface area contributed by atoms with Gasteiger partial charge in [0, 0.05) is 0 Å². The molecule has 136 valence electrons.